The fourth-order valence-electron chi connectivity index (χ4n) is 6.11. The molecule has 2 bridgehead atoms. The van der Waals surface area contributed by atoms with Crippen LogP contribution in [0.5, 0.6) is 0 Å². The Morgan fingerprint density at radius 1 is 1.18 bits per heavy atom. The van der Waals surface area contributed by atoms with Crippen LogP contribution in [-0.2, 0) is 4.74 Å². The first kappa shape index (κ1) is 20.1. The average molecular weight is 391 g/mol. The predicted molar refractivity (Wildman–Crippen MR) is 110 cm³/mol. The van der Waals surface area contributed by atoms with E-state index < -0.39 is 6.10 Å². The molecule has 1 saturated heterocycles. The highest BCUT2D eigenvalue weighted by Crippen LogP contribution is 2.63. The molecule has 1 aromatic rings. The molecule has 1 aliphatic heterocycles. The van der Waals surface area contributed by atoms with Gasteiger partial charge in [-0.3, -0.25) is 4.90 Å². The van der Waals surface area contributed by atoms with Gasteiger partial charge < -0.3 is 14.7 Å². The minimum atomic E-state index is -0.474. The number of piperazine rings is 1. The molecule has 4 nitrogen and oxygen atoms in total. The summed E-state index contributed by atoms with van der Waals surface area (Å²) in [7, 11) is 0. The number of benzene rings is 1. The summed E-state index contributed by atoms with van der Waals surface area (Å²) in [6.07, 6.45) is 3.60. The molecule has 4 atom stereocenters. The third kappa shape index (κ3) is 3.69. The van der Waals surface area contributed by atoms with E-state index >= 15 is 0 Å². The maximum absolute atomic E-state index is 14.0. The van der Waals surface area contributed by atoms with Gasteiger partial charge in [-0.25, -0.2) is 4.39 Å². The van der Waals surface area contributed by atoms with Crippen molar-refractivity contribution >= 4 is 5.69 Å². The van der Waals surface area contributed by atoms with E-state index in [1.165, 1.54) is 25.3 Å². The van der Waals surface area contributed by atoms with Crippen LogP contribution in [0.3, 0.4) is 0 Å². The Hall–Kier alpha value is -1.17. The average Bonchev–Trinajstić information content (AvgIpc) is 3.14. The maximum Gasteiger partial charge on any atom is 0.146 e. The van der Waals surface area contributed by atoms with Gasteiger partial charge in [0.25, 0.3) is 0 Å². The van der Waals surface area contributed by atoms with Crippen molar-refractivity contribution in [3.8, 4) is 0 Å². The van der Waals surface area contributed by atoms with Crippen molar-refractivity contribution in [1.82, 2.24) is 4.90 Å². The zero-order chi connectivity index (χ0) is 19.9. The van der Waals surface area contributed by atoms with Gasteiger partial charge in [-0.1, -0.05) is 32.9 Å². The fourth-order valence-corrected chi connectivity index (χ4v) is 6.11. The van der Waals surface area contributed by atoms with Crippen LogP contribution in [0.25, 0.3) is 0 Å². The number of rotatable bonds is 6. The molecule has 1 N–H and O–H groups in total. The number of ether oxygens (including phenoxy) is 1. The largest absolute Gasteiger partial charge is 0.389 e. The van der Waals surface area contributed by atoms with E-state index in [-0.39, 0.29) is 22.8 Å². The maximum atomic E-state index is 14.0. The molecule has 2 unspecified atom stereocenters. The van der Waals surface area contributed by atoms with Crippen LogP contribution < -0.4 is 4.90 Å². The summed E-state index contributed by atoms with van der Waals surface area (Å²) in [5, 5.41) is 10.6. The van der Waals surface area contributed by atoms with E-state index in [1.54, 1.807) is 6.07 Å². The molecular formula is C23H35FN2O2. The van der Waals surface area contributed by atoms with Crippen LogP contribution in [0.4, 0.5) is 10.1 Å². The van der Waals surface area contributed by atoms with E-state index in [0.717, 1.165) is 32.1 Å². The first-order valence-electron chi connectivity index (χ1n) is 10.8. The summed E-state index contributed by atoms with van der Waals surface area (Å²) in [4.78, 5) is 4.35. The number of aliphatic hydroxyl groups excluding tert-OH is 1. The van der Waals surface area contributed by atoms with E-state index in [2.05, 4.69) is 30.6 Å². The van der Waals surface area contributed by atoms with Crippen molar-refractivity contribution in [2.24, 2.45) is 16.7 Å². The zero-order valence-corrected chi connectivity index (χ0v) is 17.5. The summed E-state index contributed by atoms with van der Waals surface area (Å²) in [6.45, 7) is 11.3. The Morgan fingerprint density at radius 2 is 1.89 bits per heavy atom. The third-order valence-corrected chi connectivity index (χ3v) is 7.63. The Labute approximate surface area is 168 Å². The molecule has 1 aromatic carbocycles. The molecule has 4 rings (SSSR count). The van der Waals surface area contributed by atoms with Crippen LogP contribution in [0.15, 0.2) is 24.3 Å². The van der Waals surface area contributed by atoms with Gasteiger partial charge in [0.1, 0.15) is 5.82 Å². The molecular weight excluding hydrogens is 355 g/mol. The number of aliphatic hydroxyl groups is 1. The predicted octanol–water partition coefficient (Wildman–Crippen LogP) is 3.54. The van der Waals surface area contributed by atoms with Crippen LogP contribution in [-0.4, -0.2) is 61.5 Å². The number of hydrogen-bond acceptors (Lipinski definition) is 4. The normalized spacial score (nSPS) is 33.4. The lowest BCUT2D eigenvalue weighted by Crippen LogP contribution is -2.50. The van der Waals surface area contributed by atoms with E-state index in [9.17, 15) is 9.50 Å². The fraction of sp³-hybridized carbons (Fsp3) is 0.739. The Morgan fingerprint density at radius 3 is 2.54 bits per heavy atom. The number of β-amino-alcohol motifs (C(OH)–C–C–N with tert-alkyl or cyclic N) is 1. The van der Waals surface area contributed by atoms with Gasteiger partial charge in [-0.05, 0) is 48.1 Å². The molecule has 5 heteroatoms. The molecule has 1 heterocycles. The quantitative estimate of drug-likeness (QED) is 0.806. The summed E-state index contributed by atoms with van der Waals surface area (Å²) in [6, 6.07) is 6.96. The van der Waals surface area contributed by atoms with Gasteiger partial charge in [-0.2, -0.15) is 0 Å². The summed E-state index contributed by atoms with van der Waals surface area (Å²) in [5.41, 5.74) is 1.16. The minimum absolute atomic E-state index is 0.161. The SMILES string of the molecule is CC1(C)C2CC[C@](C)(C2)[C@@H]1OCC(O)CN1CCN(c2ccccc2F)CC1. The smallest absolute Gasteiger partial charge is 0.146 e. The van der Waals surface area contributed by atoms with Crippen LogP contribution in [0.1, 0.15) is 40.0 Å². The van der Waals surface area contributed by atoms with Crippen molar-refractivity contribution in [1.29, 1.82) is 0 Å². The van der Waals surface area contributed by atoms with Gasteiger partial charge in [0.15, 0.2) is 0 Å². The lowest BCUT2D eigenvalue weighted by molar-refractivity contribution is -0.113. The second-order valence-electron chi connectivity index (χ2n) is 10.0. The van der Waals surface area contributed by atoms with Crippen molar-refractivity contribution < 1.29 is 14.2 Å². The van der Waals surface area contributed by atoms with Crippen molar-refractivity contribution in [3.05, 3.63) is 30.1 Å². The number of hydrogen-bond donors (Lipinski definition) is 1. The molecule has 28 heavy (non-hydrogen) atoms. The molecule has 0 amide bonds. The van der Waals surface area contributed by atoms with Gasteiger partial charge >= 0.3 is 0 Å². The summed E-state index contributed by atoms with van der Waals surface area (Å²) >= 11 is 0. The lowest BCUT2D eigenvalue weighted by Gasteiger charge is -2.43. The zero-order valence-electron chi connectivity index (χ0n) is 17.5. The number of nitrogens with zero attached hydrogens (tertiary/aromatic N) is 2. The van der Waals surface area contributed by atoms with Crippen LogP contribution in [0, 0.1) is 22.6 Å². The molecule has 3 fully saturated rings. The summed E-state index contributed by atoms with van der Waals surface area (Å²) < 4.78 is 20.3. The number of halogens is 1. The first-order chi connectivity index (χ1) is 13.3. The minimum Gasteiger partial charge on any atom is -0.389 e. The highest BCUT2D eigenvalue weighted by molar-refractivity contribution is 5.47. The molecule has 156 valence electrons. The number of para-hydroxylation sites is 1. The van der Waals surface area contributed by atoms with Gasteiger partial charge in [0.05, 0.1) is 24.5 Å². The van der Waals surface area contributed by atoms with E-state index in [1.807, 2.05) is 12.1 Å². The van der Waals surface area contributed by atoms with Crippen molar-refractivity contribution in [2.45, 2.75) is 52.2 Å². The Balaban J connectivity index is 1.24. The standard InChI is InChI=1S/C23H35FN2O2/c1-22(2)17-8-9-23(3,14-17)21(22)28-16-18(27)15-25-10-12-26(13-11-25)20-7-5-4-6-19(20)24/h4-7,17-18,21,27H,8-16H2,1-3H3/t17?,18?,21-,23-/m1/s1. The number of fused-ring (bicyclic) bond motifs is 2. The van der Waals surface area contributed by atoms with Gasteiger partial charge in [-0.15, -0.1) is 0 Å². The first-order valence-corrected chi connectivity index (χ1v) is 10.8. The highest BCUT2D eigenvalue weighted by atomic mass is 19.1. The second-order valence-corrected chi connectivity index (χ2v) is 10.0. The van der Waals surface area contributed by atoms with Gasteiger partial charge in [0.2, 0.25) is 0 Å². The van der Waals surface area contributed by atoms with E-state index in [0.29, 0.717) is 18.8 Å². The molecule has 0 spiro atoms. The van der Waals surface area contributed by atoms with Crippen LogP contribution >= 0.6 is 0 Å². The Kier molecular flexibility index (Phi) is 5.45. The number of anilines is 1. The second kappa shape index (κ2) is 7.58. The molecule has 2 saturated carbocycles. The topological polar surface area (TPSA) is 35.9 Å². The van der Waals surface area contributed by atoms with Crippen LogP contribution in [0.2, 0.25) is 0 Å². The molecule has 0 aromatic heterocycles. The lowest BCUT2D eigenvalue weighted by atomic mass is 9.70. The van der Waals surface area contributed by atoms with E-state index in [4.69, 9.17) is 4.74 Å². The Bertz CT molecular complexity index is 684. The van der Waals surface area contributed by atoms with Gasteiger partial charge in [0, 0.05) is 32.7 Å². The molecule has 0 radical (unpaired) electrons. The molecule has 2 aliphatic carbocycles. The third-order valence-electron chi connectivity index (χ3n) is 7.63. The monoisotopic (exact) mass is 390 g/mol. The molecule has 3 aliphatic rings. The summed E-state index contributed by atoms with van der Waals surface area (Å²) in [5.74, 6) is 0.595. The van der Waals surface area contributed by atoms with Crippen molar-refractivity contribution in [2.75, 3.05) is 44.2 Å². The van der Waals surface area contributed by atoms with Crippen molar-refractivity contribution in [3.63, 3.8) is 0 Å². The highest BCUT2D eigenvalue weighted by Gasteiger charge is 2.60.